The number of hydrogen-bond acceptors (Lipinski definition) is 3. The van der Waals surface area contributed by atoms with Gasteiger partial charge in [0.05, 0.1) is 12.7 Å². The van der Waals surface area contributed by atoms with Crippen LogP contribution in [-0.2, 0) is 4.74 Å². The number of anilines is 1. The molecular formula is C14H21NO2. The molecule has 1 unspecified atom stereocenters. The van der Waals surface area contributed by atoms with Crippen LogP contribution in [0.1, 0.15) is 25.7 Å². The average Bonchev–Trinajstić information content (AvgIpc) is 2.88. The molecule has 1 N–H and O–H groups in total. The summed E-state index contributed by atoms with van der Waals surface area (Å²) in [4.78, 5) is 0. The third-order valence-corrected chi connectivity index (χ3v) is 3.11. The monoisotopic (exact) mass is 235 g/mol. The summed E-state index contributed by atoms with van der Waals surface area (Å²) in [5, 5.41) is 3.09. The summed E-state index contributed by atoms with van der Waals surface area (Å²) in [5.41, 5.74) is 1.11. The van der Waals surface area contributed by atoms with E-state index in [1.165, 1.54) is 12.8 Å². The molecule has 1 fully saturated rings. The smallest absolute Gasteiger partial charge is 0.119 e. The van der Waals surface area contributed by atoms with Gasteiger partial charge in [0.25, 0.3) is 0 Å². The van der Waals surface area contributed by atoms with E-state index in [4.69, 9.17) is 9.47 Å². The number of hydrogen-bond donors (Lipinski definition) is 1. The highest BCUT2D eigenvalue weighted by atomic mass is 16.5. The normalized spacial score (nSPS) is 19.2. The quantitative estimate of drug-likeness (QED) is 0.769. The Kier molecular flexibility index (Phi) is 4.68. The minimum Gasteiger partial charge on any atom is -0.494 e. The van der Waals surface area contributed by atoms with Crippen LogP contribution in [0.3, 0.4) is 0 Å². The van der Waals surface area contributed by atoms with Crippen molar-refractivity contribution in [2.75, 3.05) is 25.6 Å². The van der Waals surface area contributed by atoms with Gasteiger partial charge in [-0.3, -0.25) is 0 Å². The van der Waals surface area contributed by atoms with Crippen molar-refractivity contribution in [1.82, 2.24) is 0 Å². The predicted molar refractivity (Wildman–Crippen MR) is 69.7 cm³/mol. The maximum atomic E-state index is 5.68. The fourth-order valence-electron chi connectivity index (χ4n) is 2.09. The summed E-state index contributed by atoms with van der Waals surface area (Å²) in [5.74, 6) is 0.941. The van der Waals surface area contributed by atoms with E-state index < -0.39 is 0 Å². The third-order valence-electron chi connectivity index (χ3n) is 3.11. The van der Waals surface area contributed by atoms with Crippen LogP contribution >= 0.6 is 0 Å². The number of nitrogens with one attached hydrogen (secondary N) is 1. The number of rotatable bonds is 6. The highest BCUT2D eigenvalue weighted by molar-refractivity contribution is 5.45. The molecule has 3 heteroatoms. The lowest BCUT2D eigenvalue weighted by atomic mass is 10.1. The second-order valence-corrected chi connectivity index (χ2v) is 4.40. The van der Waals surface area contributed by atoms with Gasteiger partial charge in [0.1, 0.15) is 5.75 Å². The van der Waals surface area contributed by atoms with Crippen molar-refractivity contribution < 1.29 is 9.47 Å². The van der Waals surface area contributed by atoms with E-state index >= 15 is 0 Å². The highest BCUT2D eigenvalue weighted by Gasteiger charge is 2.14. The van der Waals surface area contributed by atoms with Crippen LogP contribution < -0.4 is 10.1 Å². The van der Waals surface area contributed by atoms with Gasteiger partial charge in [-0.25, -0.2) is 0 Å². The van der Waals surface area contributed by atoms with Crippen molar-refractivity contribution >= 4 is 5.69 Å². The Balaban J connectivity index is 1.63. The van der Waals surface area contributed by atoms with Crippen LogP contribution in [0, 0.1) is 0 Å². The van der Waals surface area contributed by atoms with Crippen LogP contribution in [0.5, 0.6) is 5.75 Å². The Labute approximate surface area is 103 Å². The summed E-state index contributed by atoms with van der Waals surface area (Å²) in [7, 11) is 1.91. The first-order valence-electron chi connectivity index (χ1n) is 6.41. The molecule has 0 aliphatic carbocycles. The lowest BCUT2D eigenvalue weighted by Gasteiger charge is -2.10. The van der Waals surface area contributed by atoms with Gasteiger partial charge in [0, 0.05) is 19.3 Å². The van der Waals surface area contributed by atoms with Gasteiger partial charge in [0.15, 0.2) is 0 Å². The Morgan fingerprint density at radius 2 is 2.18 bits per heavy atom. The molecule has 1 aromatic carbocycles. The molecule has 17 heavy (non-hydrogen) atoms. The fourth-order valence-corrected chi connectivity index (χ4v) is 2.09. The maximum absolute atomic E-state index is 5.68. The standard InChI is InChI=1S/C14H21NO2/c1-15-12-6-8-14(9-7-12)17-11-3-5-13-4-2-10-16-13/h6-9,13,15H,2-5,10-11H2,1H3. The summed E-state index contributed by atoms with van der Waals surface area (Å²) >= 11 is 0. The molecule has 0 spiro atoms. The minimum atomic E-state index is 0.477. The Hall–Kier alpha value is -1.22. The van der Waals surface area contributed by atoms with Crippen molar-refractivity contribution in [3.05, 3.63) is 24.3 Å². The molecule has 1 aromatic rings. The topological polar surface area (TPSA) is 30.5 Å². The number of ether oxygens (including phenoxy) is 2. The Morgan fingerprint density at radius 3 is 2.82 bits per heavy atom. The molecular weight excluding hydrogens is 214 g/mol. The van der Waals surface area contributed by atoms with Crippen LogP contribution in [0.2, 0.25) is 0 Å². The molecule has 0 bridgehead atoms. The first-order valence-corrected chi connectivity index (χ1v) is 6.41. The number of benzene rings is 1. The molecule has 1 aliphatic heterocycles. The van der Waals surface area contributed by atoms with E-state index in [9.17, 15) is 0 Å². The molecule has 1 heterocycles. The Morgan fingerprint density at radius 1 is 1.35 bits per heavy atom. The summed E-state index contributed by atoms with van der Waals surface area (Å²) in [6, 6.07) is 8.04. The second kappa shape index (κ2) is 6.50. The van der Waals surface area contributed by atoms with Crippen molar-refractivity contribution in [3.63, 3.8) is 0 Å². The van der Waals surface area contributed by atoms with Crippen LogP contribution in [-0.4, -0.2) is 26.4 Å². The van der Waals surface area contributed by atoms with Gasteiger partial charge in [-0.1, -0.05) is 0 Å². The lowest BCUT2D eigenvalue weighted by Crippen LogP contribution is -2.07. The van der Waals surface area contributed by atoms with Crippen molar-refractivity contribution in [2.45, 2.75) is 31.8 Å². The lowest BCUT2D eigenvalue weighted by molar-refractivity contribution is 0.0981. The molecule has 0 amide bonds. The van der Waals surface area contributed by atoms with Crippen molar-refractivity contribution in [1.29, 1.82) is 0 Å². The fraction of sp³-hybridized carbons (Fsp3) is 0.571. The largest absolute Gasteiger partial charge is 0.494 e. The van der Waals surface area contributed by atoms with Crippen LogP contribution in [0.25, 0.3) is 0 Å². The molecule has 0 radical (unpaired) electrons. The average molecular weight is 235 g/mol. The summed E-state index contributed by atoms with van der Waals surface area (Å²) in [6.45, 7) is 1.72. The van der Waals surface area contributed by atoms with Crippen molar-refractivity contribution in [3.8, 4) is 5.75 Å². The molecule has 3 nitrogen and oxygen atoms in total. The molecule has 1 atom stereocenters. The van der Waals surface area contributed by atoms with E-state index in [0.29, 0.717) is 6.10 Å². The molecule has 1 aliphatic rings. The van der Waals surface area contributed by atoms with Gasteiger partial charge in [-0.05, 0) is 49.9 Å². The molecule has 0 saturated carbocycles. The maximum Gasteiger partial charge on any atom is 0.119 e. The minimum absolute atomic E-state index is 0.477. The SMILES string of the molecule is CNc1ccc(OCCCC2CCCO2)cc1. The zero-order valence-electron chi connectivity index (χ0n) is 10.4. The third kappa shape index (κ3) is 3.93. The molecule has 2 rings (SSSR count). The van der Waals surface area contributed by atoms with Gasteiger partial charge in [0.2, 0.25) is 0 Å². The highest BCUT2D eigenvalue weighted by Crippen LogP contribution is 2.18. The molecule has 1 saturated heterocycles. The first kappa shape index (κ1) is 12.2. The zero-order valence-corrected chi connectivity index (χ0v) is 10.4. The summed E-state index contributed by atoms with van der Waals surface area (Å²) in [6.07, 6.45) is 5.10. The van der Waals surface area contributed by atoms with Gasteiger partial charge in [-0.15, -0.1) is 0 Å². The van der Waals surface area contributed by atoms with Crippen LogP contribution in [0.4, 0.5) is 5.69 Å². The van der Waals surface area contributed by atoms with E-state index in [1.807, 2.05) is 31.3 Å². The Bertz CT molecular complexity index is 317. The molecule has 94 valence electrons. The first-order chi connectivity index (χ1) is 8.38. The van der Waals surface area contributed by atoms with Crippen LogP contribution in [0.15, 0.2) is 24.3 Å². The summed E-state index contributed by atoms with van der Waals surface area (Å²) < 4.78 is 11.3. The van der Waals surface area contributed by atoms with E-state index in [-0.39, 0.29) is 0 Å². The van der Waals surface area contributed by atoms with Gasteiger partial charge < -0.3 is 14.8 Å². The van der Waals surface area contributed by atoms with E-state index in [2.05, 4.69) is 5.32 Å². The van der Waals surface area contributed by atoms with E-state index in [1.54, 1.807) is 0 Å². The second-order valence-electron chi connectivity index (χ2n) is 4.40. The molecule has 0 aromatic heterocycles. The van der Waals surface area contributed by atoms with Gasteiger partial charge in [-0.2, -0.15) is 0 Å². The van der Waals surface area contributed by atoms with E-state index in [0.717, 1.165) is 37.5 Å². The zero-order chi connectivity index (χ0) is 11.9. The van der Waals surface area contributed by atoms with Gasteiger partial charge >= 0.3 is 0 Å². The van der Waals surface area contributed by atoms with Crippen molar-refractivity contribution in [2.24, 2.45) is 0 Å². The predicted octanol–water partition coefficient (Wildman–Crippen LogP) is 3.07.